The van der Waals surface area contributed by atoms with Crippen LogP contribution >= 0.6 is 0 Å². The van der Waals surface area contributed by atoms with E-state index >= 15 is 0 Å². The Morgan fingerprint density at radius 1 is 1.60 bits per heavy atom. The van der Waals surface area contributed by atoms with Crippen molar-refractivity contribution in [1.29, 1.82) is 0 Å². The number of nitrogen functional groups attached to an aromatic ring is 1. The molecule has 2 rings (SSSR count). The van der Waals surface area contributed by atoms with E-state index in [-0.39, 0.29) is 0 Å². The summed E-state index contributed by atoms with van der Waals surface area (Å²) in [6, 6.07) is 1.83. The van der Waals surface area contributed by atoms with Crippen LogP contribution in [0, 0.1) is 0 Å². The molecule has 1 aromatic heterocycles. The molecule has 1 fully saturated rings. The molecule has 15 heavy (non-hydrogen) atoms. The molecular formula is C10H17N3O2. The monoisotopic (exact) mass is 211 g/mol. The van der Waals surface area contributed by atoms with Gasteiger partial charge in [-0.3, -0.25) is 4.90 Å². The van der Waals surface area contributed by atoms with Gasteiger partial charge in [0.1, 0.15) is 0 Å². The van der Waals surface area contributed by atoms with Crippen LogP contribution in [0.1, 0.15) is 24.5 Å². The third-order valence-corrected chi connectivity index (χ3v) is 2.86. The first-order valence-corrected chi connectivity index (χ1v) is 5.23. The summed E-state index contributed by atoms with van der Waals surface area (Å²) in [5, 5.41) is 3.96. The van der Waals surface area contributed by atoms with Gasteiger partial charge in [-0.05, 0) is 12.8 Å². The van der Waals surface area contributed by atoms with Crippen molar-refractivity contribution in [1.82, 2.24) is 10.1 Å². The minimum atomic E-state index is 0.407. The highest BCUT2D eigenvalue weighted by Crippen LogP contribution is 2.27. The molecule has 1 aliphatic rings. The van der Waals surface area contributed by atoms with Crippen molar-refractivity contribution >= 4 is 5.88 Å². The van der Waals surface area contributed by atoms with Gasteiger partial charge in [-0.2, -0.15) is 0 Å². The number of likely N-dealkylation sites (tertiary alicyclic amines) is 1. The zero-order valence-corrected chi connectivity index (χ0v) is 8.98. The van der Waals surface area contributed by atoms with Gasteiger partial charge in [0, 0.05) is 32.2 Å². The third kappa shape index (κ3) is 2.49. The van der Waals surface area contributed by atoms with E-state index < -0.39 is 0 Å². The van der Waals surface area contributed by atoms with Crippen molar-refractivity contribution in [3.63, 3.8) is 0 Å². The first kappa shape index (κ1) is 10.4. The number of hydrogen-bond acceptors (Lipinski definition) is 5. The first-order chi connectivity index (χ1) is 7.29. The van der Waals surface area contributed by atoms with Crippen LogP contribution in [0.15, 0.2) is 10.6 Å². The molecule has 0 bridgehead atoms. The molecule has 1 aromatic rings. The average molecular weight is 211 g/mol. The van der Waals surface area contributed by atoms with Gasteiger partial charge in [0.2, 0.25) is 5.88 Å². The number of ether oxygens (including phenoxy) is 1. The Hall–Kier alpha value is -1.07. The summed E-state index contributed by atoms with van der Waals surface area (Å²) in [5.41, 5.74) is 6.49. The second-order valence-corrected chi connectivity index (χ2v) is 3.96. The summed E-state index contributed by atoms with van der Waals surface area (Å²) in [5.74, 6) is 0.892. The van der Waals surface area contributed by atoms with Gasteiger partial charge in [0.15, 0.2) is 0 Å². The molecular weight excluding hydrogens is 194 g/mol. The van der Waals surface area contributed by atoms with Crippen LogP contribution in [0.5, 0.6) is 0 Å². The molecule has 1 aliphatic heterocycles. The Balaban J connectivity index is 1.88. The van der Waals surface area contributed by atoms with Gasteiger partial charge in [0.25, 0.3) is 0 Å². The lowest BCUT2D eigenvalue weighted by molar-refractivity contribution is 0.0462. The smallest absolute Gasteiger partial charge is 0.222 e. The SMILES string of the molecule is COCN1CCC(c2cc(N)on2)CC1. The fourth-order valence-corrected chi connectivity index (χ4v) is 2.04. The molecule has 84 valence electrons. The molecule has 0 spiro atoms. The molecule has 5 heteroatoms. The molecule has 5 nitrogen and oxygen atoms in total. The number of methoxy groups -OCH3 is 1. The summed E-state index contributed by atoms with van der Waals surface area (Å²) in [7, 11) is 1.73. The maximum absolute atomic E-state index is 5.50. The number of aromatic nitrogens is 1. The van der Waals surface area contributed by atoms with Gasteiger partial charge in [-0.1, -0.05) is 5.16 Å². The fraction of sp³-hybridized carbons (Fsp3) is 0.700. The number of nitrogens with zero attached hydrogens (tertiary/aromatic N) is 2. The summed E-state index contributed by atoms with van der Waals surface area (Å²) in [6.45, 7) is 2.81. The van der Waals surface area contributed by atoms with E-state index in [2.05, 4.69) is 10.1 Å². The quantitative estimate of drug-likeness (QED) is 0.809. The minimum absolute atomic E-state index is 0.407. The average Bonchev–Trinajstić information content (AvgIpc) is 2.67. The maximum Gasteiger partial charge on any atom is 0.222 e. The molecule has 0 aromatic carbocycles. The Kier molecular flexibility index (Phi) is 3.23. The van der Waals surface area contributed by atoms with Crippen LogP contribution in [0.25, 0.3) is 0 Å². The summed E-state index contributed by atoms with van der Waals surface area (Å²) in [4.78, 5) is 2.29. The number of anilines is 1. The molecule has 0 unspecified atom stereocenters. The second kappa shape index (κ2) is 4.63. The lowest BCUT2D eigenvalue weighted by atomic mass is 9.94. The van der Waals surface area contributed by atoms with Crippen LogP contribution in [0.2, 0.25) is 0 Å². The second-order valence-electron chi connectivity index (χ2n) is 3.96. The summed E-state index contributed by atoms with van der Waals surface area (Å²) < 4.78 is 9.98. The molecule has 2 heterocycles. The van der Waals surface area contributed by atoms with E-state index in [1.807, 2.05) is 6.07 Å². The van der Waals surface area contributed by atoms with Crippen molar-refractivity contribution in [2.24, 2.45) is 0 Å². The molecule has 0 saturated carbocycles. The highest BCUT2D eigenvalue weighted by molar-refractivity contribution is 5.26. The van der Waals surface area contributed by atoms with Crippen molar-refractivity contribution in [2.45, 2.75) is 18.8 Å². The lowest BCUT2D eigenvalue weighted by Gasteiger charge is -2.30. The van der Waals surface area contributed by atoms with E-state index in [1.54, 1.807) is 7.11 Å². The topological polar surface area (TPSA) is 64.5 Å². The number of piperidine rings is 1. The molecule has 0 atom stereocenters. The van der Waals surface area contributed by atoms with Gasteiger partial charge in [-0.25, -0.2) is 0 Å². The molecule has 2 N–H and O–H groups in total. The highest BCUT2D eigenvalue weighted by Gasteiger charge is 2.22. The van der Waals surface area contributed by atoms with E-state index in [0.29, 0.717) is 18.5 Å². The van der Waals surface area contributed by atoms with Crippen LogP contribution in [-0.4, -0.2) is 37.0 Å². The van der Waals surface area contributed by atoms with Crippen LogP contribution in [0.4, 0.5) is 5.88 Å². The first-order valence-electron chi connectivity index (χ1n) is 5.23. The zero-order chi connectivity index (χ0) is 10.7. The zero-order valence-electron chi connectivity index (χ0n) is 8.98. The molecule has 0 radical (unpaired) electrons. The van der Waals surface area contributed by atoms with Crippen molar-refractivity contribution in [3.8, 4) is 0 Å². The Morgan fingerprint density at radius 3 is 2.87 bits per heavy atom. The van der Waals surface area contributed by atoms with E-state index in [9.17, 15) is 0 Å². The number of hydrogen-bond donors (Lipinski definition) is 1. The van der Waals surface area contributed by atoms with E-state index in [1.165, 1.54) is 0 Å². The Morgan fingerprint density at radius 2 is 2.33 bits per heavy atom. The maximum atomic E-state index is 5.50. The summed E-state index contributed by atoms with van der Waals surface area (Å²) >= 11 is 0. The highest BCUT2D eigenvalue weighted by atomic mass is 16.5. The predicted octanol–water partition coefficient (Wildman–Crippen LogP) is 1.04. The molecule has 0 aliphatic carbocycles. The Bertz CT molecular complexity index is 305. The standard InChI is InChI=1S/C10H17N3O2/c1-14-7-13-4-2-8(3-5-13)9-6-10(11)15-12-9/h6,8H,2-5,7,11H2,1H3. The lowest BCUT2D eigenvalue weighted by Crippen LogP contribution is -2.34. The van der Waals surface area contributed by atoms with E-state index in [4.69, 9.17) is 15.0 Å². The Labute approximate surface area is 89.2 Å². The van der Waals surface area contributed by atoms with Crippen molar-refractivity contribution in [2.75, 3.05) is 32.7 Å². The summed E-state index contributed by atoms with van der Waals surface area (Å²) in [6.07, 6.45) is 2.19. The van der Waals surface area contributed by atoms with Gasteiger partial charge < -0.3 is 15.0 Å². The third-order valence-electron chi connectivity index (χ3n) is 2.86. The van der Waals surface area contributed by atoms with Crippen LogP contribution < -0.4 is 5.73 Å². The molecule has 0 amide bonds. The predicted molar refractivity (Wildman–Crippen MR) is 56.3 cm³/mol. The normalized spacial score (nSPS) is 19.5. The fourth-order valence-electron chi connectivity index (χ4n) is 2.04. The van der Waals surface area contributed by atoms with Gasteiger partial charge >= 0.3 is 0 Å². The van der Waals surface area contributed by atoms with Gasteiger partial charge in [-0.15, -0.1) is 0 Å². The van der Waals surface area contributed by atoms with Crippen LogP contribution in [0.3, 0.4) is 0 Å². The minimum Gasteiger partial charge on any atom is -0.369 e. The molecule has 1 saturated heterocycles. The number of rotatable bonds is 3. The largest absolute Gasteiger partial charge is 0.369 e. The van der Waals surface area contributed by atoms with Crippen molar-refractivity contribution < 1.29 is 9.26 Å². The van der Waals surface area contributed by atoms with Crippen LogP contribution in [-0.2, 0) is 4.74 Å². The van der Waals surface area contributed by atoms with Crippen molar-refractivity contribution in [3.05, 3.63) is 11.8 Å². The number of nitrogens with two attached hydrogens (primary N) is 1. The van der Waals surface area contributed by atoms with E-state index in [0.717, 1.165) is 31.6 Å². The van der Waals surface area contributed by atoms with Gasteiger partial charge in [0.05, 0.1) is 12.4 Å².